The van der Waals surface area contributed by atoms with Gasteiger partial charge in [-0.3, -0.25) is 0 Å². The number of hydrogen-bond acceptors (Lipinski definition) is 5. The summed E-state index contributed by atoms with van der Waals surface area (Å²) in [4.78, 5) is 10.9. The van der Waals surface area contributed by atoms with E-state index in [1.54, 1.807) is 0 Å². The van der Waals surface area contributed by atoms with Crippen molar-refractivity contribution in [2.75, 3.05) is 23.7 Å². The number of benzene rings is 1. The van der Waals surface area contributed by atoms with Gasteiger partial charge in [-0.2, -0.15) is 0 Å². The van der Waals surface area contributed by atoms with E-state index in [1.165, 1.54) is 0 Å². The fourth-order valence-corrected chi connectivity index (χ4v) is 2.36. The van der Waals surface area contributed by atoms with Crippen molar-refractivity contribution in [2.24, 2.45) is 0 Å². The first-order valence-corrected chi connectivity index (χ1v) is 6.05. The smallest absolute Gasteiger partial charge is 0.172 e. The molecule has 0 amide bonds. The SMILES string of the molecule is CC1(O)CCN(c2nc3ccccc3nc2N)C1. The monoisotopic (exact) mass is 244 g/mol. The summed E-state index contributed by atoms with van der Waals surface area (Å²) >= 11 is 0. The Morgan fingerprint density at radius 2 is 1.94 bits per heavy atom. The Kier molecular flexibility index (Phi) is 2.38. The second-order valence-electron chi connectivity index (χ2n) is 5.09. The Hall–Kier alpha value is -1.88. The summed E-state index contributed by atoms with van der Waals surface area (Å²) in [5.41, 5.74) is 6.91. The van der Waals surface area contributed by atoms with E-state index in [9.17, 15) is 5.11 Å². The number of nitrogens with two attached hydrogens (primary N) is 1. The van der Waals surface area contributed by atoms with Crippen molar-refractivity contribution in [2.45, 2.75) is 18.9 Å². The van der Waals surface area contributed by atoms with E-state index in [0.717, 1.165) is 24.0 Å². The zero-order chi connectivity index (χ0) is 12.8. The summed E-state index contributed by atoms with van der Waals surface area (Å²) in [6.07, 6.45) is 0.723. The third-order valence-electron chi connectivity index (χ3n) is 3.33. The van der Waals surface area contributed by atoms with Gasteiger partial charge in [0.05, 0.1) is 16.6 Å². The molecular formula is C13H16N4O. The Labute approximate surface area is 105 Å². The molecule has 1 aromatic heterocycles. The maximum absolute atomic E-state index is 10.00. The first kappa shape index (κ1) is 11.2. The van der Waals surface area contributed by atoms with E-state index in [4.69, 9.17) is 5.73 Å². The molecule has 18 heavy (non-hydrogen) atoms. The number of hydrogen-bond donors (Lipinski definition) is 2. The average molecular weight is 244 g/mol. The third kappa shape index (κ3) is 1.86. The van der Waals surface area contributed by atoms with Crippen molar-refractivity contribution in [1.82, 2.24) is 9.97 Å². The molecule has 5 heteroatoms. The minimum absolute atomic E-state index is 0.423. The molecule has 1 atom stereocenters. The van der Waals surface area contributed by atoms with Gasteiger partial charge in [-0.25, -0.2) is 9.97 Å². The average Bonchev–Trinajstić information content (AvgIpc) is 2.68. The molecule has 1 unspecified atom stereocenters. The summed E-state index contributed by atoms with van der Waals surface area (Å²) in [7, 11) is 0. The Bertz CT molecular complexity index is 597. The van der Waals surface area contributed by atoms with Gasteiger partial charge in [0.15, 0.2) is 11.6 Å². The van der Waals surface area contributed by atoms with Crippen LogP contribution in [-0.2, 0) is 0 Å². The second-order valence-corrected chi connectivity index (χ2v) is 5.09. The topological polar surface area (TPSA) is 75.3 Å². The number of nitrogens with zero attached hydrogens (tertiary/aromatic N) is 3. The number of β-amino-alcohol motifs (C(OH)–C–C–N with tert-alkyl or cyclic N) is 1. The number of rotatable bonds is 1. The number of aliphatic hydroxyl groups is 1. The maximum atomic E-state index is 10.00. The predicted molar refractivity (Wildman–Crippen MR) is 71.4 cm³/mol. The van der Waals surface area contributed by atoms with Crippen LogP contribution >= 0.6 is 0 Å². The quantitative estimate of drug-likeness (QED) is 0.787. The lowest BCUT2D eigenvalue weighted by atomic mass is 10.1. The second kappa shape index (κ2) is 3.81. The third-order valence-corrected chi connectivity index (χ3v) is 3.33. The van der Waals surface area contributed by atoms with Gasteiger partial charge in [0, 0.05) is 13.1 Å². The largest absolute Gasteiger partial charge is 0.388 e. The standard InChI is InChI=1S/C13H16N4O/c1-13(18)6-7-17(8-13)12-11(14)15-9-4-2-3-5-10(9)16-12/h2-5,18H,6-8H2,1H3,(H2,14,15). The van der Waals surface area contributed by atoms with Crippen LogP contribution in [0.1, 0.15) is 13.3 Å². The van der Waals surface area contributed by atoms with Crippen LogP contribution in [0.25, 0.3) is 11.0 Å². The minimum atomic E-state index is -0.667. The molecule has 2 heterocycles. The number of nitrogen functional groups attached to an aromatic ring is 1. The van der Waals surface area contributed by atoms with Crippen LogP contribution < -0.4 is 10.6 Å². The number of anilines is 2. The summed E-state index contributed by atoms with van der Waals surface area (Å²) in [6.45, 7) is 3.13. The van der Waals surface area contributed by atoms with Crippen LogP contribution in [0.2, 0.25) is 0 Å². The molecule has 0 saturated carbocycles. The van der Waals surface area contributed by atoms with Crippen LogP contribution in [-0.4, -0.2) is 33.8 Å². The molecule has 1 aliphatic heterocycles. The fraction of sp³-hybridized carbons (Fsp3) is 0.385. The normalized spacial score (nSPS) is 23.8. The van der Waals surface area contributed by atoms with Crippen LogP contribution in [0.4, 0.5) is 11.6 Å². The molecule has 1 fully saturated rings. The molecule has 0 bridgehead atoms. The van der Waals surface area contributed by atoms with E-state index in [1.807, 2.05) is 36.1 Å². The summed E-state index contributed by atoms with van der Waals surface area (Å²) in [5, 5.41) is 10.00. The zero-order valence-corrected chi connectivity index (χ0v) is 10.3. The molecular weight excluding hydrogens is 228 g/mol. The van der Waals surface area contributed by atoms with E-state index in [-0.39, 0.29) is 0 Å². The highest BCUT2D eigenvalue weighted by Crippen LogP contribution is 2.29. The van der Waals surface area contributed by atoms with Crippen LogP contribution in [0, 0.1) is 0 Å². The van der Waals surface area contributed by atoms with Crippen molar-refractivity contribution in [1.29, 1.82) is 0 Å². The highest BCUT2D eigenvalue weighted by atomic mass is 16.3. The number of fused-ring (bicyclic) bond motifs is 1. The highest BCUT2D eigenvalue weighted by molar-refractivity contribution is 5.79. The number of aromatic nitrogens is 2. The molecule has 0 aliphatic carbocycles. The lowest BCUT2D eigenvalue weighted by Gasteiger charge is -2.21. The Morgan fingerprint density at radius 3 is 2.56 bits per heavy atom. The Morgan fingerprint density at radius 1 is 1.28 bits per heavy atom. The first-order chi connectivity index (χ1) is 8.55. The maximum Gasteiger partial charge on any atom is 0.172 e. The molecule has 94 valence electrons. The van der Waals surface area contributed by atoms with Gasteiger partial charge in [0.2, 0.25) is 0 Å². The summed E-state index contributed by atoms with van der Waals surface area (Å²) in [5.74, 6) is 1.10. The summed E-state index contributed by atoms with van der Waals surface area (Å²) < 4.78 is 0. The van der Waals surface area contributed by atoms with Gasteiger partial charge in [-0.1, -0.05) is 12.1 Å². The van der Waals surface area contributed by atoms with Crippen molar-refractivity contribution in [3.05, 3.63) is 24.3 Å². The molecule has 3 N–H and O–H groups in total. The van der Waals surface area contributed by atoms with E-state index in [0.29, 0.717) is 18.2 Å². The molecule has 1 saturated heterocycles. The fourth-order valence-electron chi connectivity index (χ4n) is 2.36. The zero-order valence-electron chi connectivity index (χ0n) is 10.3. The molecule has 5 nitrogen and oxygen atoms in total. The number of para-hydroxylation sites is 2. The van der Waals surface area contributed by atoms with Gasteiger partial charge in [0.25, 0.3) is 0 Å². The molecule has 0 spiro atoms. The van der Waals surface area contributed by atoms with Crippen molar-refractivity contribution >= 4 is 22.7 Å². The predicted octanol–water partition coefficient (Wildman–Crippen LogP) is 1.17. The van der Waals surface area contributed by atoms with Crippen LogP contribution in [0.5, 0.6) is 0 Å². The van der Waals surface area contributed by atoms with Gasteiger partial charge >= 0.3 is 0 Å². The minimum Gasteiger partial charge on any atom is -0.388 e. The Balaban J connectivity index is 2.04. The van der Waals surface area contributed by atoms with Crippen molar-refractivity contribution < 1.29 is 5.11 Å². The van der Waals surface area contributed by atoms with Gasteiger partial charge < -0.3 is 15.7 Å². The molecule has 0 radical (unpaired) electrons. The van der Waals surface area contributed by atoms with Gasteiger partial charge in [0.1, 0.15) is 0 Å². The van der Waals surface area contributed by atoms with Crippen LogP contribution in [0.3, 0.4) is 0 Å². The molecule has 3 rings (SSSR count). The van der Waals surface area contributed by atoms with Crippen LogP contribution in [0.15, 0.2) is 24.3 Å². The van der Waals surface area contributed by atoms with E-state index < -0.39 is 5.60 Å². The highest BCUT2D eigenvalue weighted by Gasteiger charge is 2.33. The van der Waals surface area contributed by atoms with E-state index in [2.05, 4.69) is 9.97 Å². The lowest BCUT2D eigenvalue weighted by molar-refractivity contribution is 0.0839. The lowest BCUT2D eigenvalue weighted by Crippen LogP contribution is -2.30. The van der Waals surface area contributed by atoms with Crippen molar-refractivity contribution in [3.63, 3.8) is 0 Å². The first-order valence-electron chi connectivity index (χ1n) is 6.05. The van der Waals surface area contributed by atoms with E-state index >= 15 is 0 Å². The van der Waals surface area contributed by atoms with Gasteiger partial charge in [-0.15, -0.1) is 0 Å². The summed E-state index contributed by atoms with van der Waals surface area (Å²) in [6, 6.07) is 7.65. The molecule has 1 aromatic carbocycles. The molecule has 1 aliphatic rings. The molecule has 2 aromatic rings. The van der Waals surface area contributed by atoms with Gasteiger partial charge in [-0.05, 0) is 25.5 Å². The van der Waals surface area contributed by atoms with Crippen molar-refractivity contribution in [3.8, 4) is 0 Å².